The Morgan fingerprint density at radius 2 is 1.32 bits per heavy atom. The van der Waals surface area contributed by atoms with Crippen molar-refractivity contribution in [2.45, 2.75) is 70.3 Å². The number of benzene rings is 4. The molecule has 1 heterocycles. The van der Waals surface area contributed by atoms with Crippen LogP contribution in [0.5, 0.6) is 0 Å². The molecule has 3 atom stereocenters. The SMILES string of the molecule is C[C@H](C[Si](c1ccccc1)(c1ccccc1)[C@@H](Cc1ccccc1)NC(=O)c1ccccc1)C(=O)N1CCC[C@H]1C(=O)OC(C)(C)C. The molecule has 1 fully saturated rings. The molecule has 0 aliphatic carbocycles. The summed E-state index contributed by atoms with van der Waals surface area (Å²) < 4.78 is 5.74. The van der Waals surface area contributed by atoms with Crippen LogP contribution in [0.15, 0.2) is 121 Å². The van der Waals surface area contributed by atoms with E-state index in [2.05, 4.69) is 41.7 Å². The first-order valence-electron chi connectivity index (χ1n) is 16.6. The molecule has 0 aromatic heterocycles. The molecule has 4 aromatic rings. The summed E-state index contributed by atoms with van der Waals surface area (Å²) in [6.07, 6.45) is 1.95. The number of hydrogen-bond acceptors (Lipinski definition) is 4. The number of carbonyl (C=O) groups is 3. The summed E-state index contributed by atoms with van der Waals surface area (Å²) in [6, 6.07) is 40.3. The lowest BCUT2D eigenvalue weighted by Crippen LogP contribution is -2.72. The van der Waals surface area contributed by atoms with Gasteiger partial charge >= 0.3 is 5.97 Å². The van der Waals surface area contributed by atoms with E-state index in [0.717, 1.165) is 22.4 Å². The highest BCUT2D eigenvalue weighted by Crippen LogP contribution is 2.29. The fourth-order valence-corrected chi connectivity index (χ4v) is 12.5. The summed E-state index contributed by atoms with van der Waals surface area (Å²) in [6.45, 7) is 8.07. The lowest BCUT2D eigenvalue weighted by atomic mass is 10.1. The Hall–Kier alpha value is -4.49. The molecule has 0 bridgehead atoms. The predicted molar refractivity (Wildman–Crippen MR) is 190 cm³/mol. The normalized spacial score (nSPS) is 16.3. The van der Waals surface area contributed by atoms with Gasteiger partial charge < -0.3 is 15.0 Å². The first-order chi connectivity index (χ1) is 22.6. The first kappa shape index (κ1) is 33.9. The Kier molecular flexibility index (Phi) is 10.8. The smallest absolute Gasteiger partial charge is 0.329 e. The van der Waals surface area contributed by atoms with E-state index in [1.54, 1.807) is 4.90 Å². The fourth-order valence-electron chi connectivity index (χ4n) is 6.95. The molecule has 47 heavy (non-hydrogen) atoms. The Bertz CT molecular complexity index is 1590. The van der Waals surface area contributed by atoms with Gasteiger partial charge in [0.15, 0.2) is 0 Å². The van der Waals surface area contributed by atoms with Crippen molar-refractivity contribution < 1.29 is 19.1 Å². The highest BCUT2D eigenvalue weighted by atomic mass is 28.3. The quantitative estimate of drug-likeness (QED) is 0.165. The molecule has 1 N–H and O–H groups in total. The molecule has 1 aliphatic heterocycles. The van der Waals surface area contributed by atoms with Crippen LogP contribution in [-0.2, 0) is 20.7 Å². The summed E-state index contributed by atoms with van der Waals surface area (Å²) >= 11 is 0. The summed E-state index contributed by atoms with van der Waals surface area (Å²) in [5, 5.41) is 5.80. The number of amides is 2. The molecule has 1 saturated heterocycles. The third-order valence-electron chi connectivity index (χ3n) is 9.06. The minimum atomic E-state index is -3.02. The van der Waals surface area contributed by atoms with Crippen LogP contribution in [0.2, 0.25) is 6.04 Å². The third kappa shape index (κ3) is 8.09. The zero-order valence-corrected chi connectivity index (χ0v) is 28.9. The van der Waals surface area contributed by atoms with Gasteiger partial charge in [-0.05, 0) is 63.8 Å². The molecule has 4 aromatic carbocycles. The van der Waals surface area contributed by atoms with Crippen LogP contribution in [0.25, 0.3) is 0 Å². The Labute approximate surface area is 280 Å². The van der Waals surface area contributed by atoms with Crippen molar-refractivity contribution in [2.75, 3.05) is 6.54 Å². The van der Waals surface area contributed by atoms with Gasteiger partial charge in [0, 0.05) is 23.7 Å². The van der Waals surface area contributed by atoms with E-state index in [9.17, 15) is 14.4 Å². The Morgan fingerprint density at radius 1 is 0.809 bits per heavy atom. The minimum Gasteiger partial charge on any atom is -0.458 e. The largest absolute Gasteiger partial charge is 0.458 e. The van der Waals surface area contributed by atoms with Crippen LogP contribution >= 0.6 is 0 Å². The summed E-state index contributed by atoms with van der Waals surface area (Å²) in [4.78, 5) is 43.4. The van der Waals surface area contributed by atoms with Gasteiger partial charge in [0.05, 0.1) is 0 Å². The van der Waals surface area contributed by atoms with Gasteiger partial charge in [-0.3, -0.25) is 9.59 Å². The van der Waals surface area contributed by atoms with Gasteiger partial charge in [0.25, 0.3) is 5.91 Å². The van der Waals surface area contributed by atoms with E-state index < -0.39 is 25.6 Å². The molecule has 0 spiro atoms. The number of nitrogens with one attached hydrogen (secondary N) is 1. The number of esters is 1. The maximum absolute atomic E-state index is 14.4. The van der Waals surface area contributed by atoms with Crippen molar-refractivity contribution in [2.24, 2.45) is 5.92 Å². The van der Waals surface area contributed by atoms with Gasteiger partial charge in [0.1, 0.15) is 19.7 Å². The standard InChI is InChI=1S/C40H46N2O4Si/c1-30(38(44)42-27-17-26-35(42)39(45)46-40(2,3)4)29-47(33-22-13-7-14-23-33,34-24-15-8-16-25-34)36(28-31-18-9-5-10-19-31)41-37(43)32-20-11-6-12-21-32/h5-16,18-25,30,35-36H,17,26-29H2,1-4H3,(H,41,43)/t30-,35+,36+/m1/s1. The fraction of sp³-hybridized carbons (Fsp3) is 0.325. The van der Waals surface area contributed by atoms with E-state index in [0.29, 0.717) is 31.0 Å². The van der Waals surface area contributed by atoms with Crippen molar-refractivity contribution >= 4 is 36.2 Å². The van der Waals surface area contributed by atoms with Crippen molar-refractivity contribution in [1.82, 2.24) is 10.2 Å². The second-order valence-electron chi connectivity index (χ2n) is 13.6. The molecule has 244 valence electrons. The van der Waals surface area contributed by atoms with Crippen molar-refractivity contribution in [1.29, 1.82) is 0 Å². The second-order valence-corrected chi connectivity index (χ2v) is 17.8. The van der Waals surface area contributed by atoms with E-state index in [1.165, 1.54) is 0 Å². The van der Waals surface area contributed by atoms with Crippen molar-refractivity contribution in [3.05, 3.63) is 132 Å². The van der Waals surface area contributed by atoms with E-state index in [1.807, 2.05) is 113 Å². The lowest BCUT2D eigenvalue weighted by Gasteiger charge is -2.42. The highest BCUT2D eigenvalue weighted by molar-refractivity contribution is 7.03. The molecule has 2 amide bonds. The number of carbonyl (C=O) groups excluding carboxylic acids is 3. The molecule has 0 unspecified atom stereocenters. The molecule has 5 rings (SSSR count). The van der Waals surface area contributed by atoms with Gasteiger partial charge in [-0.2, -0.15) is 0 Å². The Morgan fingerprint density at radius 3 is 1.85 bits per heavy atom. The van der Waals surface area contributed by atoms with Crippen LogP contribution < -0.4 is 15.7 Å². The molecular formula is C40H46N2O4Si. The second kappa shape index (κ2) is 14.9. The lowest BCUT2D eigenvalue weighted by molar-refractivity contribution is -0.163. The molecule has 7 heteroatoms. The predicted octanol–water partition coefficient (Wildman–Crippen LogP) is 5.80. The molecule has 1 aliphatic rings. The highest BCUT2D eigenvalue weighted by Gasteiger charge is 2.49. The van der Waals surface area contributed by atoms with Crippen LogP contribution in [0, 0.1) is 5.92 Å². The zero-order valence-electron chi connectivity index (χ0n) is 27.9. The first-order valence-corrected chi connectivity index (χ1v) is 18.9. The van der Waals surface area contributed by atoms with Gasteiger partial charge in [-0.15, -0.1) is 0 Å². The molecular weight excluding hydrogens is 601 g/mol. The van der Waals surface area contributed by atoms with Gasteiger partial charge in [-0.25, -0.2) is 4.79 Å². The van der Waals surface area contributed by atoms with E-state index in [-0.39, 0.29) is 23.4 Å². The van der Waals surface area contributed by atoms with Crippen LogP contribution in [0.1, 0.15) is 56.5 Å². The van der Waals surface area contributed by atoms with E-state index in [4.69, 9.17) is 4.74 Å². The summed E-state index contributed by atoms with van der Waals surface area (Å²) in [5.41, 5.74) is 0.775. The number of ether oxygens (including phenoxy) is 1. The number of nitrogens with zero attached hydrogens (tertiary/aromatic N) is 1. The zero-order chi connectivity index (χ0) is 33.4. The summed E-state index contributed by atoms with van der Waals surface area (Å²) in [5.74, 6) is -0.951. The van der Waals surface area contributed by atoms with Crippen LogP contribution in [-0.4, -0.2) is 54.6 Å². The average Bonchev–Trinajstić information content (AvgIpc) is 3.58. The molecule has 0 saturated carbocycles. The average molecular weight is 647 g/mol. The van der Waals surface area contributed by atoms with Crippen molar-refractivity contribution in [3.8, 4) is 0 Å². The number of likely N-dealkylation sites (tertiary alicyclic amines) is 1. The minimum absolute atomic E-state index is 0.0463. The number of rotatable bonds is 11. The summed E-state index contributed by atoms with van der Waals surface area (Å²) in [7, 11) is -3.02. The number of hydrogen-bond donors (Lipinski definition) is 1. The third-order valence-corrected chi connectivity index (χ3v) is 14.6. The van der Waals surface area contributed by atoms with Gasteiger partial charge in [0.2, 0.25) is 5.91 Å². The molecule has 6 nitrogen and oxygen atoms in total. The topological polar surface area (TPSA) is 75.7 Å². The van der Waals surface area contributed by atoms with Crippen molar-refractivity contribution in [3.63, 3.8) is 0 Å². The Balaban J connectivity index is 1.61. The van der Waals surface area contributed by atoms with E-state index >= 15 is 0 Å². The van der Waals surface area contributed by atoms with Crippen LogP contribution in [0.3, 0.4) is 0 Å². The molecule has 0 radical (unpaired) electrons. The maximum Gasteiger partial charge on any atom is 0.329 e. The maximum atomic E-state index is 14.4. The van der Waals surface area contributed by atoms with Crippen LogP contribution in [0.4, 0.5) is 0 Å². The monoisotopic (exact) mass is 646 g/mol. The van der Waals surface area contributed by atoms with Gasteiger partial charge in [-0.1, -0.05) is 126 Å².